The number of nitrogens with zero attached hydrogens (tertiary/aromatic N) is 2. The van der Waals surface area contributed by atoms with Crippen LogP contribution >= 0.6 is 0 Å². The van der Waals surface area contributed by atoms with Crippen molar-refractivity contribution in [3.05, 3.63) is 65.6 Å². The number of hydrogen-bond donors (Lipinski definition) is 3. The number of carbonyl (C=O) groups excluding carboxylic acids is 1. The van der Waals surface area contributed by atoms with Crippen molar-refractivity contribution >= 4 is 16.8 Å². The van der Waals surface area contributed by atoms with Crippen molar-refractivity contribution in [3.8, 4) is 0 Å². The molecule has 0 bridgehead atoms. The number of aromatic amines is 1. The fourth-order valence-electron chi connectivity index (χ4n) is 3.21. The number of aliphatic hydroxyl groups excluding tert-OH is 1. The first-order valence-corrected chi connectivity index (χ1v) is 9.09. The molecule has 27 heavy (non-hydrogen) atoms. The summed E-state index contributed by atoms with van der Waals surface area (Å²) >= 11 is 0. The molecule has 1 aromatic carbocycles. The van der Waals surface area contributed by atoms with Crippen LogP contribution in [0.5, 0.6) is 0 Å². The summed E-state index contributed by atoms with van der Waals surface area (Å²) in [5.74, 6) is -0.0141. The van der Waals surface area contributed by atoms with Crippen molar-refractivity contribution in [2.75, 3.05) is 20.6 Å². The zero-order valence-electron chi connectivity index (χ0n) is 15.9. The maximum atomic E-state index is 12.4. The van der Waals surface area contributed by atoms with E-state index >= 15 is 0 Å². The number of amides is 1. The zero-order valence-corrected chi connectivity index (χ0v) is 15.9. The Bertz CT molecular complexity index is 905. The molecule has 3 rings (SSSR count). The van der Waals surface area contributed by atoms with Crippen LogP contribution in [0.2, 0.25) is 0 Å². The van der Waals surface area contributed by atoms with Crippen molar-refractivity contribution in [2.45, 2.75) is 25.5 Å². The molecule has 2 heterocycles. The Hall–Kier alpha value is -2.70. The minimum absolute atomic E-state index is 0.0141. The molecule has 3 N–H and O–H groups in total. The first kappa shape index (κ1) is 19.1. The van der Waals surface area contributed by atoms with Gasteiger partial charge in [0.2, 0.25) is 0 Å². The van der Waals surface area contributed by atoms with Gasteiger partial charge in [-0.2, -0.15) is 0 Å². The van der Waals surface area contributed by atoms with E-state index in [1.165, 1.54) is 0 Å². The summed E-state index contributed by atoms with van der Waals surface area (Å²) in [7, 11) is 3.51. The van der Waals surface area contributed by atoms with Crippen molar-refractivity contribution in [1.29, 1.82) is 0 Å². The normalized spacial score (nSPS) is 13.5. The summed E-state index contributed by atoms with van der Waals surface area (Å²) in [5, 5.41) is 14.7. The van der Waals surface area contributed by atoms with E-state index in [0.717, 1.165) is 28.5 Å². The molecule has 0 spiro atoms. The molecule has 142 valence electrons. The van der Waals surface area contributed by atoms with Crippen LogP contribution in [0.1, 0.15) is 34.5 Å². The molecule has 0 saturated heterocycles. The van der Waals surface area contributed by atoms with E-state index in [0.29, 0.717) is 12.1 Å². The highest BCUT2D eigenvalue weighted by Crippen LogP contribution is 2.23. The number of H-pyrrole nitrogens is 1. The van der Waals surface area contributed by atoms with Gasteiger partial charge in [-0.15, -0.1) is 0 Å². The van der Waals surface area contributed by atoms with Gasteiger partial charge in [0.1, 0.15) is 0 Å². The second kappa shape index (κ2) is 8.33. The van der Waals surface area contributed by atoms with Crippen molar-refractivity contribution in [3.63, 3.8) is 0 Å². The van der Waals surface area contributed by atoms with Crippen molar-refractivity contribution in [1.82, 2.24) is 20.2 Å². The summed E-state index contributed by atoms with van der Waals surface area (Å²) in [4.78, 5) is 21.2. The van der Waals surface area contributed by atoms with Gasteiger partial charge in [0.15, 0.2) is 0 Å². The summed E-state index contributed by atoms with van der Waals surface area (Å²) in [6.07, 6.45) is 5.54. The largest absolute Gasteiger partial charge is 0.387 e. The number of fused-ring (bicyclic) bond motifs is 1. The summed E-state index contributed by atoms with van der Waals surface area (Å²) in [6, 6.07) is 9.65. The molecule has 0 unspecified atom stereocenters. The molecule has 1 amide bonds. The lowest BCUT2D eigenvalue weighted by molar-refractivity contribution is 0.0829. The quantitative estimate of drug-likeness (QED) is 0.600. The first-order chi connectivity index (χ1) is 13.0. The second-order valence-corrected chi connectivity index (χ2v) is 7.06. The molecular weight excluding hydrogens is 340 g/mol. The summed E-state index contributed by atoms with van der Waals surface area (Å²) in [5.41, 5.74) is 3.50. The molecule has 0 fully saturated rings. The van der Waals surface area contributed by atoms with Crippen molar-refractivity contribution < 1.29 is 9.90 Å². The third-order valence-electron chi connectivity index (χ3n) is 4.69. The number of aliphatic hydroxyl groups is 1. The van der Waals surface area contributed by atoms with E-state index < -0.39 is 6.10 Å². The maximum Gasteiger partial charge on any atom is 0.255 e. The highest BCUT2D eigenvalue weighted by molar-refractivity contribution is 6.06. The minimum Gasteiger partial charge on any atom is -0.387 e. The molecule has 0 saturated carbocycles. The molecule has 6 nitrogen and oxygen atoms in total. The monoisotopic (exact) mass is 366 g/mol. The summed E-state index contributed by atoms with van der Waals surface area (Å²) in [6.45, 7) is 2.54. The van der Waals surface area contributed by atoms with E-state index in [-0.39, 0.29) is 11.9 Å². The summed E-state index contributed by atoms with van der Waals surface area (Å²) < 4.78 is 0. The number of nitrogens with one attached hydrogen (secondary N) is 2. The average Bonchev–Trinajstić information content (AvgIpc) is 3.09. The van der Waals surface area contributed by atoms with Crippen LogP contribution in [0.15, 0.2) is 48.9 Å². The van der Waals surface area contributed by atoms with Crippen LogP contribution in [0.4, 0.5) is 0 Å². The van der Waals surface area contributed by atoms with Gasteiger partial charge in [0, 0.05) is 56.2 Å². The van der Waals surface area contributed by atoms with Crippen LogP contribution in [0, 0.1) is 0 Å². The first-order valence-electron chi connectivity index (χ1n) is 9.09. The number of benzene rings is 1. The lowest BCUT2D eigenvalue weighted by Gasteiger charge is -2.17. The highest BCUT2D eigenvalue weighted by Gasteiger charge is 2.16. The molecule has 6 heteroatoms. The number of carbonyl (C=O) groups is 1. The van der Waals surface area contributed by atoms with Gasteiger partial charge in [-0.25, -0.2) is 0 Å². The second-order valence-electron chi connectivity index (χ2n) is 7.06. The number of rotatable bonds is 7. The number of hydrogen-bond acceptors (Lipinski definition) is 4. The van der Waals surface area contributed by atoms with Crippen LogP contribution in [-0.4, -0.2) is 52.6 Å². The lowest BCUT2D eigenvalue weighted by atomic mass is 10.0. The number of aromatic nitrogens is 2. The zero-order chi connectivity index (χ0) is 19.4. The molecule has 3 aromatic rings. The number of pyridine rings is 1. The predicted molar refractivity (Wildman–Crippen MR) is 107 cm³/mol. The minimum atomic E-state index is -0.589. The van der Waals surface area contributed by atoms with Gasteiger partial charge in [0.05, 0.1) is 17.2 Å². The molecule has 0 aliphatic rings. The van der Waals surface area contributed by atoms with Gasteiger partial charge in [-0.1, -0.05) is 18.2 Å². The molecule has 2 atom stereocenters. The third-order valence-corrected chi connectivity index (χ3v) is 4.69. The Morgan fingerprint density at radius 3 is 2.81 bits per heavy atom. The maximum absolute atomic E-state index is 12.4. The van der Waals surface area contributed by atoms with E-state index in [1.54, 1.807) is 31.4 Å². The third kappa shape index (κ3) is 4.35. The molecule has 0 aliphatic heterocycles. The smallest absolute Gasteiger partial charge is 0.255 e. The fraction of sp³-hybridized carbons (Fsp3) is 0.333. The highest BCUT2D eigenvalue weighted by atomic mass is 16.3. The Morgan fingerprint density at radius 2 is 2.11 bits per heavy atom. The van der Waals surface area contributed by atoms with E-state index in [1.807, 2.05) is 36.5 Å². The van der Waals surface area contributed by atoms with Crippen LogP contribution in [-0.2, 0) is 6.42 Å². The van der Waals surface area contributed by atoms with Crippen LogP contribution in [0.25, 0.3) is 10.9 Å². The average molecular weight is 366 g/mol. The Labute approximate surface area is 159 Å². The van der Waals surface area contributed by atoms with Gasteiger partial charge in [0.25, 0.3) is 5.91 Å². The van der Waals surface area contributed by atoms with E-state index in [4.69, 9.17) is 0 Å². The number of para-hydroxylation sites is 1. The Morgan fingerprint density at radius 1 is 1.30 bits per heavy atom. The Balaban J connectivity index is 1.68. The van der Waals surface area contributed by atoms with Crippen molar-refractivity contribution in [2.24, 2.45) is 0 Å². The Kier molecular flexibility index (Phi) is 5.88. The van der Waals surface area contributed by atoms with E-state index in [9.17, 15) is 9.90 Å². The fourth-order valence-corrected chi connectivity index (χ4v) is 3.21. The standard InChI is InChI=1S/C21H26N4O2/c1-14(23-13-19(26)15-6-5-9-22-11-15)10-16-12-24-20-17(16)7-4-8-18(20)21(27)25(2)3/h4-9,11-12,14,19,23-24,26H,10,13H2,1-3H3/t14-,19+/m1/s1. The molecule has 0 aliphatic carbocycles. The van der Waals surface area contributed by atoms with Gasteiger partial charge < -0.3 is 20.3 Å². The van der Waals surface area contributed by atoms with Gasteiger partial charge >= 0.3 is 0 Å². The SMILES string of the molecule is C[C@H](Cc1c[nH]c2c(C(=O)N(C)C)cccc12)NC[C@H](O)c1cccnc1. The lowest BCUT2D eigenvalue weighted by Crippen LogP contribution is -2.32. The van der Waals surface area contributed by atoms with E-state index in [2.05, 4.69) is 22.2 Å². The molecular formula is C21H26N4O2. The molecule has 2 aromatic heterocycles. The predicted octanol–water partition coefficient (Wildman–Crippen LogP) is 2.52. The van der Waals surface area contributed by atoms with Gasteiger partial charge in [-0.05, 0) is 31.0 Å². The topological polar surface area (TPSA) is 81.2 Å². The van der Waals surface area contributed by atoms with Gasteiger partial charge in [-0.3, -0.25) is 9.78 Å². The molecule has 0 radical (unpaired) electrons. The van der Waals surface area contributed by atoms with Crippen LogP contribution in [0.3, 0.4) is 0 Å². The van der Waals surface area contributed by atoms with Crippen LogP contribution < -0.4 is 5.32 Å².